The van der Waals surface area contributed by atoms with Gasteiger partial charge in [-0.15, -0.1) is 0 Å². The summed E-state index contributed by atoms with van der Waals surface area (Å²) in [4.78, 5) is 15.1. The van der Waals surface area contributed by atoms with Crippen LogP contribution in [0.2, 0.25) is 0 Å². The van der Waals surface area contributed by atoms with Crippen LogP contribution >= 0.6 is 11.9 Å². The molecule has 5 fully saturated rings. The summed E-state index contributed by atoms with van der Waals surface area (Å²) in [6.07, 6.45) is 9.24. The van der Waals surface area contributed by atoms with Crippen LogP contribution in [0.15, 0.2) is 10.6 Å². The maximum atomic E-state index is 13.1. The van der Waals surface area contributed by atoms with Crippen molar-refractivity contribution in [3.05, 3.63) is 17.5 Å². The Kier molecular flexibility index (Phi) is 6.39. The molecule has 1 N–H and O–H groups in total. The van der Waals surface area contributed by atoms with Crippen LogP contribution in [0.3, 0.4) is 0 Å². The maximum Gasteiger partial charge on any atom is 0.273 e. The van der Waals surface area contributed by atoms with Gasteiger partial charge in [-0.05, 0) is 76.3 Å². The van der Waals surface area contributed by atoms with E-state index in [1.54, 1.807) is 0 Å². The molecule has 1 aromatic rings. The Morgan fingerprint density at radius 3 is 2.44 bits per heavy atom. The number of halogens is 2. The maximum absolute atomic E-state index is 13.1. The number of hydrogen-bond acceptors (Lipinski definition) is 6. The summed E-state index contributed by atoms with van der Waals surface area (Å²) in [5.41, 5.74) is 0.420. The van der Waals surface area contributed by atoms with Gasteiger partial charge in [0.25, 0.3) is 5.91 Å². The third kappa shape index (κ3) is 5.16. The molecule has 1 amide bonds. The van der Waals surface area contributed by atoms with Gasteiger partial charge >= 0.3 is 0 Å². The van der Waals surface area contributed by atoms with Crippen molar-refractivity contribution in [2.75, 3.05) is 25.4 Å². The van der Waals surface area contributed by atoms with Crippen LogP contribution in [0.5, 0.6) is 0 Å². The van der Waals surface area contributed by atoms with E-state index in [0.717, 1.165) is 56.8 Å². The topological polar surface area (TPSA) is 61.6 Å². The third-order valence-electron chi connectivity index (χ3n) is 8.60. The van der Waals surface area contributed by atoms with Gasteiger partial charge in [0, 0.05) is 55.2 Å². The number of carbonyl (C=O) groups is 1. The van der Waals surface area contributed by atoms with Crippen molar-refractivity contribution in [2.24, 2.45) is 11.8 Å². The third-order valence-corrected chi connectivity index (χ3v) is 10.1. The van der Waals surface area contributed by atoms with Crippen LogP contribution in [-0.4, -0.2) is 69.7 Å². The Bertz CT molecular complexity index is 864. The molecule has 2 aliphatic carbocycles. The number of carbonyl (C=O) groups excluding carboxylic acids is 1. The summed E-state index contributed by atoms with van der Waals surface area (Å²) >= 11 is 2.02. The second-order valence-corrected chi connectivity index (χ2v) is 12.5. The lowest BCUT2D eigenvalue weighted by Crippen LogP contribution is -2.48. The fourth-order valence-corrected chi connectivity index (χ4v) is 8.01. The number of aromatic nitrogens is 1. The number of alkyl halides is 2. The Labute approximate surface area is 204 Å². The smallest absolute Gasteiger partial charge is 0.273 e. The quantitative estimate of drug-likeness (QED) is 0.530. The molecule has 3 saturated heterocycles. The molecule has 0 spiro atoms. The van der Waals surface area contributed by atoms with Crippen molar-refractivity contribution in [3.8, 4) is 0 Å². The molecule has 188 valence electrons. The number of rotatable bonds is 8. The predicted octanol–water partition coefficient (Wildman–Crippen LogP) is 4.68. The van der Waals surface area contributed by atoms with E-state index in [-0.39, 0.29) is 30.7 Å². The summed E-state index contributed by atoms with van der Waals surface area (Å²) < 4.78 is 34.2. The molecule has 3 atom stereocenters. The highest BCUT2D eigenvalue weighted by Gasteiger charge is 2.46. The zero-order valence-corrected chi connectivity index (χ0v) is 20.6. The monoisotopic (exact) mass is 494 g/mol. The van der Waals surface area contributed by atoms with Gasteiger partial charge < -0.3 is 14.7 Å². The lowest BCUT2D eigenvalue weighted by molar-refractivity contribution is -0.117. The van der Waals surface area contributed by atoms with Gasteiger partial charge in [-0.1, -0.05) is 17.1 Å². The molecule has 2 bridgehead atoms. The van der Waals surface area contributed by atoms with Gasteiger partial charge in [-0.25, -0.2) is 13.1 Å². The number of piperidine rings is 2. The van der Waals surface area contributed by atoms with Crippen molar-refractivity contribution in [3.63, 3.8) is 0 Å². The van der Waals surface area contributed by atoms with Crippen molar-refractivity contribution in [1.29, 1.82) is 0 Å². The van der Waals surface area contributed by atoms with Gasteiger partial charge in [0.2, 0.25) is 5.92 Å². The molecule has 0 radical (unpaired) electrons. The van der Waals surface area contributed by atoms with E-state index < -0.39 is 5.92 Å². The van der Waals surface area contributed by atoms with E-state index in [0.29, 0.717) is 29.6 Å². The molecule has 0 aromatic carbocycles. The molecule has 6 rings (SSSR count). The second kappa shape index (κ2) is 9.36. The first-order valence-corrected chi connectivity index (χ1v) is 14.1. The summed E-state index contributed by atoms with van der Waals surface area (Å²) in [6, 6.07) is 3.10. The molecule has 2 saturated carbocycles. The number of hydrogen-bond donors (Lipinski definition) is 1. The molecule has 1 aromatic heterocycles. The van der Waals surface area contributed by atoms with Gasteiger partial charge in [0.15, 0.2) is 5.69 Å². The van der Waals surface area contributed by atoms with Crippen molar-refractivity contribution in [2.45, 2.75) is 94.2 Å². The molecule has 4 heterocycles. The molecule has 34 heavy (non-hydrogen) atoms. The van der Waals surface area contributed by atoms with E-state index in [2.05, 4.69) is 19.7 Å². The van der Waals surface area contributed by atoms with Gasteiger partial charge in [0.05, 0.1) is 0 Å². The van der Waals surface area contributed by atoms with E-state index in [1.165, 1.54) is 25.7 Å². The highest BCUT2D eigenvalue weighted by atomic mass is 32.2. The first kappa shape index (κ1) is 23.2. The average molecular weight is 495 g/mol. The van der Waals surface area contributed by atoms with Gasteiger partial charge in [-0.2, -0.15) is 0 Å². The Hall–Kier alpha value is -1.19. The zero-order valence-electron chi connectivity index (χ0n) is 19.8. The number of fused-ring (bicyclic) bond motifs is 2. The lowest BCUT2D eigenvalue weighted by atomic mass is 9.80. The predicted molar refractivity (Wildman–Crippen MR) is 127 cm³/mol. The molecule has 9 heteroatoms. The fraction of sp³-hybridized carbons (Fsp3) is 0.840. The Morgan fingerprint density at radius 2 is 1.79 bits per heavy atom. The minimum absolute atomic E-state index is 0.0854. The summed E-state index contributed by atoms with van der Waals surface area (Å²) in [5.74, 6) is 0.892. The summed E-state index contributed by atoms with van der Waals surface area (Å²) in [5, 5.41) is 7.21. The SMILES string of the molecule is O=C(NC1CC2CC[C@H](C1)N2SCC1CCN(CC2CC(F)(F)C2)CC1)c1cc(C2CC2)on1. The van der Waals surface area contributed by atoms with Crippen LogP contribution in [0.25, 0.3) is 0 Å². The standard InChI is InChI=1S/C25H36F2N4O2S/c26-25(27)12-17(13-25)14-30-7-5-16(6-8-30)15-34-31-20-3-4-21(31)10-19(9-20)28-24(32)22-11-23(33-29-22)18-1-2-18/h11,16-21H,1-10,12-15H2,(H,28,32)/t19?,20-,21?/m1/s1. The molecule has 6 nitrogen and oxygen atoms in total. The van der Waals surface area contributed by atoms with E-state index >= 15 is 0 Å². The highest BCUT2D eigenvalue weighted by molar-refractivity contribution is 7.97. The number of nitrogens with one attached hydrogen (secondary N) is 1. The average Bonchev–Trinajstić information content (AvgIpc) is 3.46. The van der Waals surface area contributed by atoms with Crippen LogP contribution in [-0.2, 0) is 0 Å². The molecule has 3 aliphatic heterocycles. The lowest BCUT2D eigenvalue weighted by Gasteiger charge is -2.41. The molecule has 2 unspecified atom stereocenters. The van der Waals surface area contributed by atoms with Crippen molar-refractivity contribution < 1.29 is 18.1 Å². The highest BCUT2D eigenvalue weighted by Crippen LogP contribution is 2.44. The number of amides is 1. The fourth-order valence-electron chi connectivity index (χ4n) is 6.48. The van der Waals surface area contributed by atoms with E-state index in [4.69, 9.17) is 4.52 Å². The van der Waals surface area contributed by atoms with Crippen molar-refractivity contribution >= 4 is 17.9 Å². The second-order valence-electron chi connectivity index (χ2n) is 11.4. The molecular formula is C25H36F2N4O2S. The largest absolute Gasteiger partial charge is 0.360 e. The minimum atomic E-state index is -2.40. The van der Waals surface area contributed by atoms with Crippen LogP contribution in [0.4, 0.5) is 8.78 Å². The Morgan fingerprint density at radius 1 is 1.09 bits per heavy atom. The van der Waals surface area contributed by atoms with Crippen LogP contribution in [0, 0.1) is 11.8 Å². The molecule has 5 aliphatic rings. The van der Waals surface area contributed by atoms with Crippen LogP contribution in [0.1, 0.15) is 86.4 Å². The summed E-state index contributed by atoms with van der Waals surface area (Å²) in [7, 11) is 0. The normalized spacial score (nSPS) is 32.6. The first-order chi connectivity index (χ1) is 16.4. The van der Waals surface area contributed by atoms with E-state index in [9.17, 15) is 13.6 Å². The van der Waals surface area contributed by atoms with Gasteiger partial charge in [-0.3, -0.25) is 4.79 Å². The van der Waals surface area contributed by atoms with Crippen LogP contribution < -0.4 is 5.32 Å². The number of likely N-dealkylation sites (tertiary alicyclic amines) is 1. The Balaban J connectivity index is 0.922. The van der Waals surface area contributed by atoms with E-state index in [1.807, 2.05) is 18.0 Å². The first-order valence-electron chi connectivity index (χ1n) is 13.2. The minimum Gasteiger partial charge on any atom is -0.360 e. The summed E-state index contributed by atoms with van der Waals surface area (Å²) in [6.45, 7) is 2.96. The van der Waals surface area contributed by atoms with Crippen molar-refractivity contribution in [1.82, 2.24) is 19.7 Å². The molecular weight excluding hydrogens is 458 g/mol. The number of nitrogens with zero attached hydrogens (tertiary/aromatic N) is 3. The zero-order chi connectivity index (χ0) is 23.3. The van der Waals surface area contributed by atoms with Gasteiger partial charge in [0.1, 0.15) is 5.76 Å².